The number of H-pyrrole nitrogens is 1. The van der Waals surface area contributed by atoms with E-state index >= 15 is 0 Å². The average molecular weight is 1360 g/mol. The van der Waals surface area contributed by atoms with Crippen LogP contribution in [0.4, 0.5) is 0 Å². The maximum atomic E-state index is 5.08. The van der Waals surface area contributed by atoms with Crippen molar-refractivity contribution in [3.05, 3.63) is 354 Å². The first-order valence-corrected chi connectivity index (χ1v) is 35.3. The highest BCUT2D eigenvalue weighted by Crippen LogP contribution is 2.53. The summed E-state index contributed by atoms with van der Waals surface area (Å²) in [7, 11) is 0. The summed E-state index contributed by atoms with van der Waals surface area (Å²) in [6, 6.07) is 116. The van der Waals surface area contributed by atoms with E-state index < -0.39 is 0 Å². The van der Waals surface area contributed by atoms with Crippen molar-refractivity contribution in [1.82, 2.24) is 29.5 Å². The molecule has 0 spiro atoms. The molecule has 18 aromatic rings. The highest BCUT2D eigenvalue weighted by molar-refractivity contribution is 9.10. The molecule has 4 heterocycles. The quantitative estimate of drug-likeness (QED) is 0.173. The summed E-state index contributed by atoms with van der Waals surface area (Å²) in [5.41, 5.74) is 26.9. The lowest BCUT2D eigenvalue weighted by molar-refractivity contribution is 0.661. The lowest BCUT2D eigenvalue weighted by Crippen LogP contribution is -2.14. The summed E-state index contributed by atoms with van der Waals surface area (Å²) in [6.07, 6.45) is 0. The van der Waals surface area contributed by atoms with Crippen molar-refractivity contribution in [3.8, 4) is 95.7 Å². The largest absolute Gasteiger partial charge is 0.354 e. The van der Waals surface area contributed by atoms with E-state index in [-0.39, 0.29) is 10.8 Å². The van der Waals surface area contributed by atoms with Gasteiger partial charge in [0.2, 0.25) is 0 Å². The normalized spacial score (nSPS) is 13.0. The zero-order valence-electron chi connectivity index (χ0n) is 56.3. The first-order valence-electron chi connectivity index (χ1n) is 34.5. The van der Waals surface area contributed by atoms with E-state index in [1.165, 1.54) is 110 Å². The van der Waals surface area contributed by atoms with Gasteiger partial charge in [-0.25, -0.2) is 19.9 Å². The fourth-order valence-corrected chi connectivity index (χ4v) is 15.9. The molecule has 0 saturated heterocycles. The van der Waals surface area contributed by atoms with Gasteiger partial charge in [-0.1, -0.05) is 298 Å². The smallest absolute Gasteiger partial charge is 0.160 e. The van der Waals surface area contributed by atoms with Crippen LogP contribution in [0.2, 0.25) is 0 Å². The molecule has 0 saturated carbocycles. The molecule has 1 N–H and O–H groups in total. The molecule has 0 amide bonds. The molecule has 7 heteroatoms. The van der Waals surface area contributed by atoms with Crippen molar-refractivity contribution in [1.29, 1.82) is 0 Å². The minimum Gasteiger partial charge on any atom is -0.354 e. The Morgan fingerprint density at radius 3 is 1.21 bits per heavy atom. The van der Waals surface area contributed by atoms with E-state index in [1.807, 2.05) is 91.0 Å². The van der Waals surface area contributed by atoms with Crippen LogP contribution < -0.4 is 0 Å². The molecule has 2 aliphatic rings. The minimum atomic E-state index is -0.0900. The van der Waals surface area contributed by atoms with Gasteiger partial charge in [-0.3, -0.25) is 0 Å². The third-order valence-corrected chi connectivity index (χ3v) is 21.3. The molecule has 20 rings (SSSR count). The molecule has 0 unspecified atom stereocenters. The van der Waals surface area contributed by atoms with Crippen molar-refractivity contribution in [2.24, 2.45) is 0 Å². The summed E-state index contributed by atoms with van der Waals surface area (Å²) in [4.78, 5) is 23.3. The van der Waals surface area contributed by atoms with Crippen molar-refractivity contribution in [2.45, 2.75) is 38.5 Å². The number of fused-ring (bicyclic) bond motifs is 16. The van der Waals surface area contributed by atoms with Crippen LogP contribution in [0.25, 0.3) is 161 Å². The van der Waals surface area contributed by atoms with Gasteiger partial charge in [0.25, 0.3) is 0 Å². The average Bonchev–Trinajstić information content (AvgIpc) is 1.55. The zero-order chi connectivity index (χ0) is 67.9. The second kappa shape index (κ2) is 24.7. The Kier molecular flexibility index (Phi) is 15.0. The number of nitrogens with one attached hydrogen (secondary N) is 1. The molecule has 0 aliphatic heterocycles. The van der Waals surface area contributed by atoms with Gasteiger partial charge < -0.3 is 9.55 Å². The molecule has 6 nitrogen and oxygen atoms in total. The van der Waals surface area contributed by atoms with E-state index in [1.54, 1.807) is 0 Å². The predicted octanol–water partition coefficient (Wildman–Crippen LogP) is 25.1. The van der Waals surface area contributed by atoms with E-state index in [4.69, 9.17) is 19.9 Å². The summed E-state index contributed by atoms with van der Waals surface area (Å²) >= 11 is 3.49. The maximum absolute atomic E-state index is 5.08. The Hall–Kier alpha value is -12.2. The van der Waals surface area contributed by atoms with Gasteiger partial charge in [-0.2, -0.15) is 0 Å². The Balaban J connectivity index is 0.000000120. The van der Waals surface area contributed by atoms with E-state index in [9.17, 15) is 0 Å². The molecular weight excluding hydrogens is 1290 g/mol. The number of nitrogens with zero attached hydrogens (tertiary/aromatic N) is 5. The van der Waals surface area contributed by atoms with Gasteiger partial charge in [0.15, 0.2) is 11.6 Å². The lowest BCUT2D eigenvalue weighted by atomic mass is 9.82. The first kappa shape index (κ1) is 61.2. The van der Waals surface area contributed by atoms with Gasteiger partial charge in [0.1, 0.15) is 0 Å². The van der Waals surface area contributed by atoms with Crippen LogP contribution in [-0.2, 0) is 10.8 Å². The minimum absolute atomic E-state index is 0.0411. The van der Waals surface area contributed by atoms with Gasteiger partial charge in [0, 0.05) is 86.9 Å². The molecule has 4 aromatic heterocycles. The van der Waals surface area contributed by atoms with Crippen LogP contribution >= 0.6 is 15.9 Å². The van der Waals surface area contributed by atoms with Crippen molar-refractivity contribution < 1.29 is 0 Å². The third-order valence-electron chi connectivity index (χ3n) is 20.8. The summed E-state index contributed by atoms with van der Waals surface area (Å²) < 4.78 is 3.50. The molecule has 101 heavy (non-hydrogen) atoms. The molecule has 0 bridgehead atoms. The third kappa shape index (κ3) is 10.7. The van der Waals surface area contributed by atoms with E-state index in [2.05, 4.69) is 290 Å². The van der Waals surface area contributed by atoms with Gasteiger partial charge >= 0.3 is 0 Å². The van der Waals surface area contributed by atoms with Crippen molar-refractivity contribution in [3.63, 3.8) is 0 Å². The number of aromatic amines is 1. The van der Waals surface area contributed by atoms with E-state index in [0.717, 1.165) is 78.0 Å². The Morgan fingerprint density at radius 1 is 0.287 bits per heavy atom. The van der Waals surface area contributed by atoms with Gasteiger partial charge in [-0.15, -0.1) is 0 Å². The number of rotatable bonds is 7. The van der Waals surface area contributed by atoms with Crippen molar-refractivity contribution >= 4 is 81.1 Å². The molecule has 14 aromatic carbocycles. The molecule has 0 fully saturated rings. The van der Waals surface area contributed by atoms with Crippen LogP contribution in [0.5, 0.6) is 0 Å². The Morgan fingerprint density at radius 2 is 0.693 bits per heavy atom. The number of benzene rings is 14. The van der Waals surface area contributed by atoms with Crippen LogP contribution in [0.3, 0.4) is 0 Å². The van der Waals surface area contributed by atoms with Crippen LogP contribution in [0.15, 0.2) is 332 Å². The fraction of sp³-hybridized carbons (Fsp3) is 0.0638. The fourth-order valence-electron chi connectivity index (χ4n) is 15.7. The molecule has 0 atom stereocenters. The topological polar surface area (TPSA) is 72.3 Å². The Bertz CT molecular complexity index is 6120. The zero-order valence-corrected chi connectivity index (χ0v) is 57.9. The summed E-state index contributed by atoms with van der Waals surface area (Å²) in [6.45, 7) is 9.38. The highest BCUT2D eigenvalue weighted by Gasteiger charge is 2.38. The second-order valence-electron chi connectivity index (χ2n) is 27.5. The standard InChI is InChI=1S/C47H33N3.C25H19N.C22H15BrN2/c1-47(2)39-20-12-11-19-36(39)37-27-38-44(28-40(37)47)50(43-26-23-30-13-9-10-18-35(30)45(38)43)34-24-21-32(22-25-34)42-29-41(31-14-5-3-6-15-31)48-46(49-42)33-16-7-4-8-17-33;1-25(2)20-10-6-5-9-17(20)18-13-19-23(14-21(18)25)26-22-12-11-15-7-3-4-8-16(15)24(19)22;23-19-13-11-17(12-14-19)21-15-20(16-7-3-1-4-8-16)24-22(25-21)18-9-5-2-6-10-18/h3-29H,1-2H3;3-14,26H,1-2H3;1-15H. The molecule has 0 radical (unpaired) electrons. The lowest BCUT2D eigenvalue weighted by Gasteiger charge is -2.21. The van der Waals surface area contributed by atoms with Crippen molar-refractivity contribution in [2.75, 3.05) is 0 Å². The predicted molar refractivity (Wildman–Crippen MR) is 425 cm³/mol. The number of hydrogen-bond acceptors (Lipinski definition) is 4. The monoisotopic (exact) mass is 1360 g/mol. The molecular formula is C94H67BrN6. The van der Waals surface area contributed by atoms with Crippen LogP contribution in [0.1, 0.15) is 49.9 Å². The first-order chi connectivity index (χ1) is 49.5. The number of aromatic nitrogens is 6. The molecule has 480 valence electrons. The summed E-state index contributed by atoms with van der Waals surface area (Å²) in [5, 5.41) is 10.4. The van der Waals surface area contributed by atoms with Gasteiger partial charge in [-0.05, 0) is 139 Å². The molecule has 2 aliphatic carbocycles. The Labute approximate surface area is 595 Å². The SMILES string of the molecule is Brc1ccc(-c2cc(-c3ccccc3)nc(-c3ccccc3)n2)cc1.CC1(C)c2ccccc2-c2cc3c(cc21)[nH]c1ccc2ccccc2c13.CC1(C)c2ccccc2-c2cc3c4c5ccccc5ccc4n(-c4ccc(-c5cc(-c6ccccc6)nc(-c6ccccc6)n5)cc4)c3cc21. The summed E-state index contributed by atoms with van der Waals surface area (Å²) in [5.74, 6) is 1.46. The highest BCUT2D eigenvalue weighted by atomic mass is 79.9. The maximum Gasteiger partial charge on any atom is 0.160 e. The number of hydrogen-bond donors (Lipinski definition) is 1. The second-order valence-corrected chi connectivity index (χ2v) is 28.4. The van der Waals surface area contributed by atoms with Crippen LogP contribution in [0, 0.1) is 0 Å². The van der Waals surface area contributed by atoms with E-state index in [0.29, 0.717) is 0 Å². The number of halogens is 1. The van der Waals surface area contributed by atoms with Crippen LogP contribution in [-0.4, -0.2) is 29.5 Å². The van der Waals surface area contributed by atoms with Gasteiger partial charge in [0.05, 0.1) is 33.8 Å².